The highest BCUT2D eigenvalue weighted by molar-refractivity contribution is 6.05. The second-order valence-electron chi connectivity index (χ2n) is 5.42. The van der Waals surface area contributed by atoms with Crippen molar-refractivity contribution in [2.45, 2.75) is 18.8 Å². The van der Waals surface area contributed by atoms with Crippen LogP contribution in [0.3, 0.4) is 0 Å². The lowest BCUT2D eigenvalue weighted by atomic mass is 9.81. The molecular weight excluding hydrogens is 290 g/mol. The number of aromatic nitrogens is 1. The van der Waals surface area contributed by atoms with E-state index in [1.807, 2.05) is 24.3 Å². The Morgan fingerprint density at radius 1 is 1.17 bits per heavy atom. The molecular formula is C17H19N5O. The first-order valence-electron chi connectivity index (χ1n) is 7.41. The van der Waals surface area contributed by atoms with Crippen molar-refractivity contribution in [2.24, 2.45) is 21.7 Å². The van der Waals surface area contributed by atoms with Gasteiger partial charge in [0.05, 0.1) is 24.1 Å². The molecule has 0 fully saturated rings. The molecule has 0 saturated heterocycles. The van der Waals surface area contributed by atoms with E-state index in [0.717, 1.165) is 35.6 Å². The number of fused-ring (bicyclic) bond motifs is 1. The molecule has 2 aromatic rings. The summed E-state index contributed by atoms with van der Waals surface area (Å²) in [5.41, 5.74) is 14.7. The number of nitrogens with zero attached hydrogens (tertiary/aromatic N) is 3. The van der Waals surface area contributed by atoms with Gasteiger partial charge in [0.1, 0.15) is 5.75 Å². The number of hydrogen-bond donors (Lipinski definition) is 2. The molecule has 0 saturated carbocycles. The van der Waals surface area contributed by atoms with E-state index in [9.17, 15) is 0 Å². The first-order valence-corrected chi connectivity index (χ1v) is 7.41. The zero-order valence-electron chi connectivity index (χ0n) is 12.9. The van der Waals surface area contributed by atoms with Crippen LogP contribution in [0.25, 0.3) is 0 Å². The maximum atomic E-state index is 5.46. The predicted octanol–water partition coefficient (Wildman–Crippen LogP) is 1.80. The molecule has 23 heavy (non-hydrogen) atoms. The summed E-state index contributed by atoms with van der Waals surface area (Å²) in [5, 5.41) is 8.07. The molecule has 1 heterocycles. The van der Waals surface area contributed by atoms with Crippen molar-refractivity contribution >= 4 is 11.7 Å². The summed E-state index contributed by atoms with van der Waals surface area (Å²) in [5.74, 6) is 0.964. The summed E-state index contributed by atoms with van der Waals surface area (Å²) < 4.78 is 5.46. The van der Waals surface area contributed by atoms with Gasteiger partial charge in [0.2, 0.25) is 5.96 Å². The lowest BCUT2D eigenvalue weighted by molar-refractivity contribution is 0.411. The monoisotopic (exact) mass is 309 g/mol. The quantitative estimate of drug-likeness (QED) is 0.513. The Bertz CT molecular complexity index is 751. The van der Waals surface area contributed by atoms with Crippen LogP contribution in [0, 0.1) is 0 Å². The van der Waals surface area contributed by atoms with Crippen molar-refractivity contribution in [1.82, 2.24) is 4.98 Å². The minimum Gasteiger partial charge on any atom is -0.496 e. The van der Waals surface area contributed by atoms with Gasteiger partial charge in [0, 0.05) is 6.20 Å². The van der Waals surface area contributed by atoms with Gasteiger partial charge in [-0.3, -0.25) is 4.98 Å². The molecule has 1 aliphatic rings. The molecule has 118 valence electrons. The van der Waals surface area contributed by atoms with Crippen LogP contribution in [-0.4, -0.2) is 23.8 Å². The van der Waals surface area contributed by atoms with Crippen molar-refractivity contribution in [1.29, 1.82) is 0 Å². The molecule has 6 nitrogen and oxygen atoms in total. The molecule has 0 radical (unpaired) electrons. The number of rotatable bonds is 3. The van der Waals surface area contributed by atoms with Crippen LogP contribution in [0.5, 0.6) is 5.75 Å². The van der Waals surface area contributed by atoms with E-state index in [-0.39, 0.29) is 11.9 Å². The van der Waals surface area contributed by atoms with Crippen molar-refractivity contribution in [3.8, 4) is 5.75 Å². The topological polar surface area (TPSA) is 98.9 Å². The molecule has 0 amide bonds. The fourth-order valence-electron chi connectivity index (χ4n) is 2.93. The summed E-state index contributed by atoms with van der Waals surface area (Å²) in [6, 6.07) is 12.2. The fraction of sp³-hybridized carbons (Fsp3) is 0.235. The average molecular weight is 309 g/mol. The van der Waals surface area contributed by atoms with E-state index >= 15 is 0 Å². The number of pyridine rings is 1. The van der Waals surface area contributed by atoms with Gasteiger partial charge in [-0.25, -0.2) is 0 Å². The summed E-state index contributed by atoms with van der Waals surface area (Å²) >= 11 is 0. The van der Waals surface area contributed by atoms with Gasteiger partial charge in [-0.15, -0.1) is 5.10 Å². The second-order valence-corrected chi connectivity index (χ2v) is 5.42. The Balaban J connectivity index is 2.08. The number of hydrogen-bond acceptors (Lipinski definition) is 4. The molecule has 0 spiro atoms. The molecule has 4 N–H and O–H groups in total. The zero-order chi connectivity index (χ0) is 16.2. The molecule has 1 unspecified atom stereocenters. The Morgan fingerprint density at radius 2 is 1.96 bits per heavy atom. The minimum absolute atomic E-state index is 0.0660. The third kappa shape index (κ3) is 3.15. The van der Waals surface area contributed by atoms with Gasteiger partial charge >= 0.3 is 0 Å². The molecule has 1 aromatic heterocycles. The number of benzene rings is 1. The van der Waals surface area contributed by atoms with Crippen LogP contribution in [0.15, 0.2) is 52.8 Å². The highest BCUT2D eigenvalue weighted by Gasteiger charge is 2.28. The van der Waals surface area contributed by atoms with Crippen LogP contribution in [0.1, 0.15) is 29.2 Å². The smallest absolute Gasteiger partial charge is 0.211 e. The van der Waals surface area contributed by atoms with Crippen LogP contribution < -0.4 is 16.2 Å². The lowest BCUT2D eigenvalue weighted by Crippen LogP contribution is -2.24. The Kier molecular flexibility index (Phi) is 4.23. The molecule has 0 bridgehead atoms. The zero-order valence-corrected chi connectivity index (χ0v) is 12.9. The summed E-state index contributed by atoms with van der Waals surface area (Å²) in [6.45, 7) is 0. The van der Waals surface area contributed by atoms with Crippen LogP contribution in [-0.2, 0) is 6.42 Å². The molecule has 1 atom stereocenters. The van der Waals surface area contributed by atoms with Crippen molar-refractivity contribution in [2.75, 3.05) is 7.11 Å². The lowest BCUT2D eigenvalue weighted by Gasteiger charge is -2.26. The normalized spacial score (nSPS) is 18.3. The standard InChI is InChI=1S/C17H19N5O/c1-23-15-7-8-20-13-9-12(11-5-3-2-4-6-11)10-14(16(13)15)21-22-17(18)19/h2-8,12H,9-10H2,1H3,(H4,18,19,22)/b21-14-. The van der Waals surface area contributed by atoms with E-state index in [2.05, 4.69) is 27.3 Å². The van der Waals surface area contributed by atoms with Gasteiger partial charge in [-0.2, -0.15) is 5.10 Å². The predicted molar refractivity (Wildman–Crippen MR) is 90.6 cm³/mol. The third-order valence-corrected chi connectivity index (χ3v) is 3.94. The fourth-order valence-corrected chi connectivity index (χ4v) is 2.93. The van der Waals surface area contributed by atoms with Gasteiger partial charge in [0.15, 0.2) is 0 Å². The van der Waals surface area contributed by atoms with E-state index in [1.54, 1.807) is 13.3 Å². The van der Waals surface area contributed by atoms with Crippen molar-refractivity contribution < 1.29 is 4.74 Å². The molecule has 0 aliphatic heterocycles. The average Bonchev–Trinajstić information content (AvgIpc) is 2.59. The maximum absolute atomic E-state index is 5.46. The Hall–Kier alpha value is -2.89. The maximum Gasteiger partial charge on any atom is 0.211 e. The highest BCUT2D eigenvalue weighted by Crippen LogP contribution is 2.36. The van der Waals surface area contributed by atoms with Crippen molar-refractivity contribution in [3.05, 3.63) is 59.4 Å². The first-order chi connectivity index (χ1) is 11.2. The van der Waals surface area contributed by atoms with Gasteiger partial charge in [0.25, 0.3) is 0 Å². The molecule has 3 rings (SSSR count). The van der Waals surface area contributed by atoms with E-state index < -0.39 is 0 Å². The van der Waals surface area contributed by atoms with Crippen LogP contribution in [0.2, 0.25) is 0 Å². The van der Waals surface area contributed by atoms with Gasteiger partial charge in [-0.05, 0) is 30.4 Å². The number of methoxy groups -OCH3 is 1. The molecule has 1 aromatic carbocycles. The Morgan fingerprint density at radius 3 is 2.65 bits per heavy atom. The van der Waals surface area contributed by atoms with Gasteiger partial charge < -0.3 is 16.2 Å². The number of ether oxygens (including phenoxy) is 1. The minimum atomic E-state index is -0.0660. The van der Waals surface area contributed by atoms with E-state index in [0.29, 0.717) is 0 Å². The first kappa shape index (κ1) is 15.0. The van der Waals surface area contributed by atoms with Crippen LogP contribution in [0.4, 0.5) is 0 Å². The second kappa shape index (κ2) is 6.48. The molecule has 6 heteroatoms. The number of guanidine groups is 1. The van der Waals surface area contributed by atoms with E-state index in [4.69, 9.17) is 16.2 Å². The third-order valence-electron chi connectivity index (χ3n) is 3.94. The number of nitrogens with two attached hydrogens (primary N) is 2. The van der Waals surface area contributed by atoms with Crippen molar-refractivity contribution in [3.63, 3.8) is 0 Å². The molecule has 1 aliphatic carbocycles. The van der Waals surface area contributed by atoms with Gasteiger partial charge in [-0.1, -0.05) is 30.3 Å². The van der Waals surface area contributed by atoms with Crippen LogP contribution >= 0.6 is 0 Å². The largest absolute Gasteiger partial charge is 0.496 e. The summed E-state index contributed by atoms with van der Waals surface area (Å²) in [6.07, 6.45) is 3.32. The summed E-state index contributed by atoms with van der Waals surface area (Å²) in [4.78, 5) is 4.51. The van der Waals surface area contributed by atoms with E-state index in [1.165, 1.54) is 5.56 Å². The SMILES string of the molecule is COc1ccnc2c1/C(=N\N=C(N)N)CC(c1ccccc1)C2. The Labute approximate surface area is 134 Å². The summed E-state index contributed by atoms with van der Waals surface area (Å²) in [7, 11) is 1.64. The highest BCUT2D eigenvalue weighted by atomic mass is 16.5.